The van der Waals surface area contributed by atoms with E-state index in [1.165, 1.54) is 26.4 Å². The molecule has 8 heteroatoms. The van der Waals surface area contributed by atoms with Crippen molar-refractivity contribution in [2.24, 2.45) is 5.92 Å². The first-order chi connectivity index (χ1) is 14.4. The number of aryl methyl sites for hydroxylation is 1. The number of nitrogens with zero attached hydrogens (tertiary/aromatic N) is 1. The van der Waals surface area contributed by atoms with Crippen molar-refractivity contribution in [1.82, 2.24) is 10.9 Å². The summed E-state index contributed by atoms with van der Waals surface area (Å²) in [6, 6.07) is 12.4. The predicted octanol–water partition coefficient (Wildman–Crippen LogP) is 2.08. The van der Waals surface area contributed by atoms with Crippen LogP contribution in [0.4, 0.5) is 5.69 Å². The van der Waals surface area contributed by atoms with E-state index in [0.29, 0.717) is 11.5 Å². The molecule has 158 valence electrons. The Morgan fingerprint density at radius 2 is 1.77 bits per heavy atom. The Balaban J connectivity index is 1.61. The highest BCUT2D eigenvalue weighted by atomic mass is 16.5. The van der Waals surface area contributed by atoms with Gasteiger partial charge in [-0.05, 0) is 36.2 Å². The summed E-state index contributed by atoms with van der Waals surface area (Å²) in [6.45, 7) is 2.31. The largest absolute Gasteiger partial charge is 0.497 e. The summed E-state index contributed by atoms with van der Waals surface area (Å²) >= 11 is 0. The molecule has 1 saturated heterocycles. The predicted molar refractivity (Wildman–Crippen MR) is 111 cm³/mol. The van der Waals surface area contributed by atoms with E-state index in [1.54, 1.807) is 11.0 Å². The van der Waals surface area contributed by atoms with Gasteiger partial charge in [-0.15, -0.1) is 0 Å². The molecule has 1 atom stereocenters. The normalized spacial score (nSPS) is 15.6. The Morgan fingerprint density at radius 1 is 1.07 bits per heavy atom. The van der Waals surface area contributed by atoms with Gasteiger partial charge in [0, 0.05) is 30.3 Å². The minimum atomic E-state index is -0.553. The molecule has 1 fully saturated rings. The van der Waals surface area contributed by atoms with E-state index >= 15 is 0 Å². The SMILES string of the molecule is CCc1cccc(N2C[C@H](C(=O)NNC(=O)c3cc(OC)cc(OC)c3)CC2=O)c1. The maximum atomic E-state index is 12.5. The number of hydrazine groups is 1. The van der Waals surface area contributed by atoms with E-state index in [-0.39, 0.29) is 24.4 Å². The van der Waals surface area contributed by atoms with Crippen LogP contribution in [0.15, 0.2) is 42.5 Å². The van der Waals surface area contributed by atoms with Crippen molar-refractivity contribution in [2.45, 2.75) is 19.8 Å². The van der Waals surface area contributed by atoms with Crippen LogP contribution in [-0.2, 0) is 16.0 Å². The molecule has 2 aromatic carbocycles. The van der Waals surface area contributed by atoms with Gasteiger partial charge in [-0.2, -0.15) is 0 Å². The number of rotatable bonds is 6. The molecule has 0 unspecified atom stereocenters. The van der Waals surface area contributed by atoms with Crippen LogP contribution in [0.1, 0.15) is 29.3 Å². The fourth-order valence-corrected chi connectivity index (χ4v) is 3.31. The molecule has 0 aliphatic carbocycles. The van der Waals surface area contributed by atoms with Crippen LogP contribution in [0.25, 0.3) is 0 Å². The highest BCUT2D eigenvalue weighted by Crippen LogP contribution is 2.26. The monoisotopic (exact) mass is 411 g/mol. The van der Waals surface area contributed by atoms with Gasteiger partial charge in [-0.3, -0.25) is 25.2 Å². The average molecular weight is 411 g/mol. The van der Waals surface area contributed by atoms with Gasteiger partial charge in [0.2, 0.25) is 11.8 Å². The summed E-state index contributed by atoms with van der Waals surface area (Å²) in [5, 5.41) is 0. The van der Waals surface area contributed by atoms with Crippen LogP contribution in [-0.4, -0.2) is 38.5 Å². The molecular formula is C22H25N3O5. The quantitative estimate of drug-likeness (QED) is 0.710. The van der Waals surface area contributed by atoms with Crippen molar-refractivity contribution in [2.75, 3.05) is 25.7 Å². The van der Waals surface area contributed by atoms with Crippen LogP contribution in [0, 0.1) is 5.92 Å². The minimum absolute atomic E-state index is 0.0883. The third kappa shape index (κ3) is 4.71. The zero-order valence-corrected chi connectivity index (χ0v) is 17.2. The molecule has 0 radical (unpaired) electrons. The van der Waals surface area contributed by atoms with Gasteiger partial charge in [0.15, 0.2) is 0 Å². The molecule has 8 nitrogen and oxygen atoms in total. The maximum Gasteiger partial charge on any atom is 0.269 e. The Labute approximate surface area is 175 Å². The van der Waals surface area contributed by atoms with Crippen LogP contribution in [0.5, 0.6) is 11.5 Å². The highest BCUT2D eigenvalue weighted by Gasteiger charge is 2.35. The molecule has 2 N–H and O–H groups in total. The standard InChI is InChI=1S/C22H25N3O5/c1-4-14-6-5-7-17(8-14)25-13-16(11-20(25)26)22(28)24-23-21(27)15-9-18(29-2)12-19(10-15)30-3/h5-10,12,16H,4,11,13H2,1-3H3,(H,23,27)(H,24,28)/t16-/m1/s1. The smallest absolute Gasteiger partial charge is 0.269 e. The van der Waals surface area contributed by atoms with Crippen molar-refractivity contribution in [3.8, 4) is 11.5 Å². The first-order valence-electron chi connectivity index (χ1n) is 9.67. The number of hydrogen-bond donors (Lipinski definition) is 2. The van der Waals surface area contributed by atoms with Gasteiger partial charge in [0.05, 0.1) is 20.1 Å². The molecule has 1 aliphatic rings. The molecule has 3 amide bonds. The Hall–Kier alpha value is -3.55. The van der Waals surface area contributed by atoms with Gasteiger partial charge in [0.1, 0.15) is 11.5 Å². The van der Waals surface area contributed by atoms with E-state index in [1.807, 2.05) is 31.2 Å². The highest BCUT2D eigenvalue weighted by molar-refractivity contribution is 6.01. The zero-order chi connectivity index (χ0) is 21.7. The topological polar surface area (TPSA) is 97.0 Å². The maximum absolute atomic E-state index is 12.5. The Bertz CT molecular complexity index is 937. The first kappa shape index (κ1) is 21.2. The lowest BCUT2D eigenvalue weighted by molar-refractivity contribution is -0.126. The Kier molecular flexibility index (Phi) is 6.56. The van der Waals surface area contributed by atoms with Crippen LogP contribution in [0.3, 0.4) is 0 Å². The van der Waals surface area contributed by atoms with E-state index in [0.717, 1.165) is 17.7 Å². The number of carbonyl (C=O) groups is 3. The van der Waals surface area contributed by atoms with Crippen molar-refractivity contribution in [3.63, 3.8) is 0 Å². The summed E-state index contributed by atoms with van der Waals surface area (Å²) in [7, 11) is 2.97. The molecule has 0 spiro atoms. The number of nitrogens with one attached hydrogen (secondary N) is 2. The summed E-state index contributed by atoms with van der Waals surface area (Å²) in [4.78, 5) is 39.0. The molecule has 30 heavy (non-hydrogen) atoms. The first-order valence-corrected chi connectivity index (χ1v) is 9.67. The lowest BCUT2D eigenvalue weighted by Gasteiger charge is -2.17. The van der Waals surface area contributed by atoms with Crippen molar-refractivity contribution < 1.29 is 23.9 Å². The fourth-order valence-electron chi connectivity index (χ4n) is 3.31. The summed E-state index contributed by atoms with van der Waals surface area (Å²) in [5.41, 5.74) is 6.97. The summed E-state index contributed by atoms with van der Waals surface area (Å²) < 4.78 is 10.3. The van der Waals surface area contributed by atoms with Crippen LogP contribution >= 0.6 is 0 Å². The third-order valence-electron chi connectivity index (χ3n) is 5.04. The fraction of sp³-hybridized carbons (Fsp3) is 0.318. The lowest BCUT2D eigenvalue weighted by Crippen LogP contribution is -2.45. The van der Waals surface area contributed by atoms with Gasteiger partial charge >= 0.3 is 0 Å². The number of anilines is 1. The van der Waals surface area contributed by atoms with Gasteiger partial charge < -0.3 is 14.4 Å². The number of methoxy groups -OCH3 is 2. The van der Waals surface area contributed by atoms with Crippen molar-refractivity contribution >= 4 is 23.4 Å². The second-order valence-corrected chi connectivity index (χ2v) is 6.97. The van der Waals surface area contributed by atoms with E-state index in [4.69, 9.17) is 9.47 Å². The van der Waals surface area contributed by atoms with Gasteiger partial charge in [-0.1, -0.05) is 19.1 Å². The summed E-state index contributed by atoms with van der Waals surface area (Å²) in [6.07, 6.45) is 0.950. The van der Waals surface area contributed by atoms with Gasteiger partial charge in [-0.25, -0.2) is 0 Å². The summed E-state index contributed by atoms with van der Waals surface area (Å²) in [5.74, 6) is -0.692. The molecule has 3 rings (SSSR count). The molecule has 0 bridgehead atoms. The molecule has 0 saturated carbocycles. The third-order valence-corrected chi connectivity index (χ3v) is 5.04. The number of carbonyl (C=O) groups excluding carboxylic acids is 3. The van der Waals surface area contributed by atoms with Crippen LogP contribution in [0.2, 0.25) is 0 Å². The van der Waals surface area contributed by atoms with E-state index in [9.17, 15) is 14.4 Å². The Morgan fingerprint density at radius 3 is 2.40 bits per heavy atom. The number of hydrogen-bond acceptors (Lipinski definition) is 5. The average Bonchev–Trinajstić information content (AvgIpc) is 3.18. The minimum Gasteiger partial charge on any atom is -0.497 e. The lowest BCUT2D eigenvalue weighted by atomic mass is 10.1. The van der Waals surface area contributed by atoms with Crippen molar-refractivity contribution in [1.29, 1.82) is 0 Å². The zero-order valence-electron chi connectivity index (χ0n) is 17.2. The number of benzene rings is 2. The molecule has 1 aliphatic heterocycles. The number of ether oxygens (including phenoxy) is 2. The van der Waals surface area contributed by atoms with Gasteiger partial charge in [0.25, 0.3) is 5.91 Å². The molecular weight excluding hydrogens is 386 g/mol. The van der Waals surface area contributed by atoms with Crippen molar-refractivity contribution in [3.05, 3.63) is 53.6 Å². The molecule has 0 aromatic heterocycles. The van der Waals surface area contributed by atoms with E-state index in [2.05, 4.69) is 10.9 Å². The number of amides is 3. The van der Waals surface area contributed by atoms with Crippen LogP contribution < -0.4 is 25.2 Å². The second kappa shape index (κ2) is 9.30. The second-order valence-electron chi connectivity index (χ2n) is 6.97. The molecule has 1 heterocycles. The van der Waals surface area contributed by atoms with E-state index < -0.39 is 17.7 Å². The molecule has 2 aromatic rings.